The molecule has 266 valence electrons. The summed E-state index contributed by atoms with van der Waals surface area (Å²) in [6, 6.07) is 20.5. The van der Waals surface area contributed by atoms with Gasteiger partial charge in [0.1, 0.15) is 11.2 Å². The van der Waals surface area contributed by atoms with Crippen molar-refractivity contribution in [3.63, 3.8) is 0 Å². The van der Waals surface area contributed by atoms with E-state index in [1.165, 1.54) is 9.13 Å². The highest BCUT2D eigenvalue weighted by atomic mass is 16.3. The first-order chi connectivity index (χ1) is 34.5. The van der Waals surface area contributed by atoms with Gasteiger partial charge in [-0.25, -0.2) is 4.98 Å². The van der Waals surface area contributed by atoms with E-state index >= 15 is 0 Å². The van der Waals surface area contributed by atoms with E-state index in [9.17, 15) is 5.48 Å². The molecule has 0 amide bonds. The molecule has 0 fully saturated rings. The Bertz CT molecular complexity index is 4350. The largest absolute Gasteiger partial charge is 0.455 e. The number of aromatic nitrogens is 5. The third-order valence-corrected chi connectivity index (χ3v) is 10.2. The summed E-state index contributed by atoms with van der Waals surface area (Å²) in [6.07, 6.45) is 0. The third-order valence-electron chi connectivity index (χ3n) is 10.2. The fraction of sp³-hybridized carbons (Fsp3) is 0. The Morgan fingerprint density at radius 1 is 0.421 bits per heavy atom. The molecule has 0 saturated heterocycles. The fourth-order valence-electron chi connectivity index (χ4n) is 7.70. The van der Waals surface area contributed by atoms with Gasteiger partial charge in [0.2, 0.25) is 5.95 Å². The monoisotopic (exact) mass is 744 g/mol. The molecule has 0 spiro atoms. The van der Waals surface area contributed by atoms with Crippen LogP contribution in [0.15, 0.2) is 192 Å². The van der Waals surface area contributed by atoms with Gasteiger partial charge in [0.05, 0.1) is 48.3 Å². The second kappa shape index (κ2) is 12.3. The summed E-state index contributed by atoms with van der Waals surface area (Å²) in [4.78, 5) is 15.0. The van der Waals surface area contributed by atoms with Gasteiger partial charge in [-0.05, 0) is 54.0 Å². The van der Waals surface area contributed by atoms with Crippen molar-refractivity contribution in [3.8, 4) is 45.5 Å². The van der Waals surface area contributed by atoms with Crippen molar-refractivity contribution < 1.29 is 25.0 Å². The van der Waals surface area contributed by atoms with Crippen LogP contribution in [-0.2, 0) is 0 Å². The maximum atomic E-state index is 9.25. The Labute approximate surface area is 347 Å². The molecule has 0 atom stereocenters. The molecule has 12 aromatic rings. The quantitative estimate of drug-likeness (QED) is 0.176. The summed E-state index contributed by atoms with van der Waals surface area (Å²) in [5, 5.41) is 1.28. The summed E-state index contributed by atoms with van der Waals surface area (Å²) in [5.41, 5.74) is 2.96. The Morgan fingerprint density at radius 3 is 1.79 bits per heavy atom. The average molecular weight is 745 g/mol. The lowest BCUT2D eigenvalue weighted by Gasteiger charge is -2.15. The molecule has 0 N–H and O–H groups in total. The molecule has 57 heavy (non-hydrogen) atoms. The van der Waals surface area contributed by atoms with Gasteiger partial charge in [-0.1, -0.05) is 139 Å². The van der Waals surface area contributed by atoms with Crippen LogP contribution in [0.3, 0.4) is 0 Å². The maximum absolute atomic E-state index is 9.25. The van der Waals surface area contributed by atoms with Crippen LogP contribution in [0, 0.1) is 0 Å². The van der Waals surface area contributed by atoms with Crippen LogP contribution in [0.25, 0.3) is 111 Å². The molecule has 4 heterocycles. The number of benzene rings is 8. The van der Waals surface area contributed by atoms with Gasteiger partial charge in [0.15, 0.2) is 11.6 Å². The van der Waals surface area contributed by atoms with E-state index in [0.717, 1.165) is 22.4 Å². The maximum Gasteiger partial charge on any atom is 0.238 e. The number of hydrogen-bond donors (Lipinski definition) is 0. The highest BCUT2D eigenvalue weighted by molar-refractivity contribution is 6.11. The second-order valence-electron chi connectivity index (χ2n) is 13.3. The van der Waals surface area contributed by atoms with Crippen LogP contribution in [0.4, 0.5) is 0 Å². The highest BCUT2D eigenvalue weighted by Gasteiger charge is 2.21. The van der Waals surface area contributed by atoms with Gasteiger partial charge in [0, 0.05) is 49.0 Å². The summed E-state index contributed by atoms with van der Waals surface area (Å²) in [7, 11) is 0. The zero-order valence-corrected chi connectivity index (χ0v) is 29.4. The van der Waals surface area contributed by atoms with E-state index in [4.69, 9.17) is 34.4 Å². The summed E-state index contributed by atoms with van der Waals surface area (Å²) in [5.74, 6) is -0.433. The Kier molecular flexibility index (Phi) is 4.37. The number of furan rings is 1. The highest BCUT2D eigenvalue weighted by Crippen LogP contribution is 2.39. The van der Waals surface area contributed by atoms with Crippen molar-refractivity contribution >= 4 is 65.6 Å². The van der Waals surface area contributed by atoms with Gasteiger partial charge < -0.3 is 8.98 Å². The minimum absolute atomic E-state index is 0.00167. The molecule has 0 saturated carbocycles. The van der Waals surface area contributed by atoms with E-state index in [1.807, 2.05) is 54.6 Å². The molecule has 0 aliphatic carbocycles. The van der Waals surface area contributed by atoms with Gasteiger partial charge in [-0.15, -0.1) is 0 Å². The minimum Gasteiger partial charge on any atom is -0.455 e. The molecule has 12 rings (SSSR count). The SMILES string of the molecule is [2H]c1cc([2H])c2c(c1[2H])c1c([2H])c([2H])c([2H])c([2H])c1n2-c1ccccc1-c1nc(-c2cccc(-c3cccc4c3oc3ccccc34)c2)nc(-n2c3c([2H])c([2H])c([2H])c([2H])c3c3c([2H])c([2H])c([2H])c([2H])c32)n1. The number of hydrogen-bond acceptors (Lipinski definition) is 4. The van der Waals surface area contributed by atoms with Crippen molar-refractivity contribution in [1.29, 1.82) is 0 Å². The summed E-state index contributed by atoms with van der Waals surface area (Å²) in [6.45, 7) is 0. The van der Waals surface area contributed by atoms with E-state index < -0.39 is 72.5 Å². The molecular formula is C51H31N5O. The zero-order chi connectivity index (χ0) is 50.5. The standard InChI is InChI=1S/C51H31N5O/c1-7-25-42-35(17-1)36-18-2-8-26-43(36)55(42)46-29-11-5-22-41(46)50-52-49(53-51(54-50)56-44-27-9-3-19-37(44)38-20-4-10-28-45(38)56)33-16-13-15-32(31-33)34-23-14-24-40-39-21-6-12-30-47(39)57-48(34)40/h1-31H/i1D,2D,3D,4D,7D,9D,10D,17D,18D,19D,20D,25D,26D,27D,28D. The van der Waals surface area contributed by atoms with Crippen molar-refractivity contribution in [2.24, 2.45) is 0 Å². The normalized spacial score (nSPS) is 15.5. The average Bonchev–Trinajstić information content (AvgIpc) is 4.08. The third kappa shape index (κ3) is 4.81. The van der Waals surface area contributed by atoms with Crippen LogP contribution >= 0.6 is 0 Å². The van der Waals surface area contributed by atoms with Crippen LogP contribution in [0.1, 0.15) is 20.6 Å². The Balaban J connectivity index is 1.21. The van der Waals surface area contributed by atoms with Crippen LogP contribution < -0.4 is 0 Å². The van der Waals surface area contributed by atoms with Crippen LogP contribution in [0.5, 0.6) is 0 Å². The fourth-order valence-corrected chi connectivity index (χ4v) is 7.70. The van der Waals surface area contributed by atoms with Gasteiger partial charge in [-0.3, -0.25) is 4.57 Å². The minimum atomic E-state index is -0.647. The lowest BCUT2D eigenvalue weighted by Crippen LogP contribution is -2.07. The van der Waals surface area contributed by atoms with Crippen molar-refractivity contribution in [2.75, 3.05) is 0 Å². The first-order valence-electron chi connectivity index (χ1n) is 25.4. The number of para-hydroxylation sites is 7. The summed E-state index contributed by atoms with van der Waals surface area (Å²) >= 11 is 0. The number of nitrogens with zero attached hydrogens (tertiary/aromatic N) is 5. The lowest BCUT2D eigenvalue weighted by molar-refractivity contribution is 0.670. The van der Waals surface area contributed by atoms with E-state index in [-0.39, 0.29) is 90.6 Å². The zero-order valence-electron chi connectivity index (χ0n) is 44.4. The topological polar surface area (TPSA) is 61.7 Å². The lowest BCUT2D eigenvalue weighted by atomic mass is 10.0. The Hall–Kier alpha value is -7.83. The van der Waals surface area contributed by atoms with Crippen molar-refractivity contribution in [3.05, 3.63) is 188 Å². The van der Waals surface area contributed by atoms with E-state index in [0.29, 0.717) is 22.3 Å². The molecule has 0 aliphatic heterocycles. The van der Waals surface area contributed by atoms with Gasteiger partial charge >= 0.3 is 0 Å². The van der Waals surface area contributed by atoms with Gasteiger partial charge in [0.25, 0.3) is 0 Å². The Morgan fingerprint density at radius 2 is 1.00 bits per heavy atom. The molecule has 0 unspecified atom stereocenters. The van der Waals surface area contributed by atoms with Gasteiger partial charge in [-0.2, -0.15) is 9.97 Å². The van der Waals surface area contributed by atoms with E-state index in [1.54, 1.807) is 36.4 Å². The number of rotatable bonds is 5. The predicted octanol–water partition coefficient (Wildman–Crippen LogP) is 13.0. The van der Waals surface area contributed by atoms with Crippen LogP contribution in [-0.4, -0.2) is 24.1 Å². The second-order valence-corrected chi connectivity index (χ2v) is 13.3. The predicted molar refractivity (Wildman–Crippen MR) is 232 cm³/mol. The molecule has 0 radical (unpaired) electrons. The molecule has 6 nitrogen and oxygen atoms in total. The molecular weight excluding hydrogens is 699 g/mol. The summed E-state index contributed by atoms with van der Waals surface area (Å²) < 4.78 is 143. The molecule has 6 heteroatoms. The molecule has 0 bridgehead atoms. The molecule has 4 aromatic heterocycles. The first kappa shape index (κ1) is 20.2. The first-order valence-corrected chi connectivity index (χ1v) is 17.9. The number of fused-ring (bicyclic) bond motifs is 9. The van der Waals surface area contributed by atoms with Crippen molar-refractivity contribution in [1.82, 2.24) is 24.1 Å². The smallest absolute Gasteiger partial charge is 0.238 e. The molecule has 0 aliphatic rings. The van der Waals surface area contributed by atoms with E-state index in [2.05, 4.69) is 0 Å². The van der Waals surface area contributed by atoms with Crippen molar-refractivity contribution in [2.45, 2.75) is 0 Å². The van der Waals surface area contributed by atoms with Crippen LogP contribution in [0.2, 0.25) is 0 Å². The molecule has 8 aromatic carbocycles.